The first-order chi connectivity index (χ1) is 11.5. The summed E-state index contributed by atoms with van der Waals surface area (Å²) in [7, 11) is 0. The number of carbonyl (C=O) groups excluding carboxylic acids is 3. The molecular formula is C16H12N2O6. The summed E-state index contributed by atoms with van der Waals surface area (Å²) in [5.41, 5.74) is 0.386. The summed E-state index contributed by atoms with van der Waals surface area (Å²) in [6.07, 6.45) is 1.14. The lowest BCUT2D eigenvalue weighted by Gasteiger charge is -2.36. The lowest BCUT2D eigenvalue weighted by atomic mass is 9.83. The molecule has 2 aliphatic heterocycles. The maximum absolute atomic E-state index is 12.4. The van der Waals surface area contributed by atoms with Crippen LogP contribution in [0, 0.1) is 0 Å². The number of benzene rings is 1. The fraction of sp³-hybridized carbons (Fsp3) is 0.250. The van der Waals surface area contributed by atoms with Crippen LogP contribution in [-0.4, -0.2) is 41.2 Å². The lowest BCUT2D eigenvalue weighted by Crippen LogP contribution is -2.45. The van der Waals surface area contributed by atoms with Crippen molar-refractivity contribution in [2.45, 2.75) is 12.3 Å². The monoisotopic (exact) mass is 328 g/mol. The summed E-state index contributed by atoms with van der Waals surface area (Å²) in [5, 5.41) is 4.30. The van der Waals surface area contributed by atoms with E-state index in [1.54, 1.807) is 12.1 Å². The van der Waals surface area contributed by atoms with Crippen LogP contribution in [0.4, 0.5) is 0 Å². The van der Waals surface area contributed by atoms with E-state index in [9.17, 15) is 14.4 Å². The van der Waals surface area contributed by atoms with E-state index < -0.39 is 23.2 Å². The average Bonchev–Trinajstić information content (AvgIpc) is 3.13. The summed E-state index contributed by atoms with van der Waals surface area (Å²) in [6, 6.07) is 6.26. The van der Waals surface area contributed by atoms with Gasteiger partial charge in [-0.2, -0.15) is 0 Å². The van der Waals surface area contributed by atoms with Crippen LogP contribution >= 0.6 is 0 Å². The highest BCUT2D eigenvalue weighted by atomic mass is 16.7. The number of aromatic nitrogens is 1. The molecule has 0 spiro atoms. The summed E-state index contributed by atoms with van der Waals surface area (Å²) in [4.78, 5) is 41.9. The second kappa shape index (κ2) is 5.00. The lowest BCUT2D eigenvalue weighted by molar-refractivity contribution is -0.0619. The SMILES string of the molecule is CC1(c2nocc2C(=O)ON2C(=O)c3ccccc3C2=O)COC1. The molecule has 1 fully saturated rings. The molecule has 1 saturated heterocycles. The Morgan fingerprint density at radius 1 is 1.21 bits per heavy atom. The van der Waals surface area contributed by atoms with Crippen molar-refractivity contribution in [3.63, 3.8) is 0 Å². The van der Waals surface area contributed by atoms with Crippen LogP contribution in [-0.2, 0) is 15.0 Å². The summed E-state index contributed by atoms with van der Waals surface area (Å²) >= 11 is 0. The van der Waals surface area contributed by atoms with Gasteiger partial charge >= 0.3 is 5.97 Å². The van der Waals surface area contributed by atoms with Crippen LogP contribution in [0.5, 0.6) is 0 Å². The van der Waals surface area contributed by atoms with Crippen molar-refractivity contribution in [2.24, 2.45) is 0 Å². The van der Waals surface area contributed by atoms with Gasteiger partial charge in [0, 0.05) is 0 Å². The molecule has 0 saturated carbocycles. The van der Waals surface area contributed by atoms with E-state index in [2.05, 4.69) is 5.16 Å². The average molecular weight is 328 g/mol. The van der Waals surface area contributed by atoms with E-state index in [0.717, 1.165) is 6.26 Å². The second-order valence-electron chi connectivity index (χ2n) is 5.96. The Balaban J connectivity index is 1.59. The zero-order chi connectivity index (χ0) is 16.9. The number of hydrogen-bond acceptors (Lipinski definition) is 7. The molecule has 0 unspecified atom stereocenters. The Bertz CT molecular complexity index is 832. The third-order valence-corrected chi connectivity index (χ3v) is 4.13. The molecule has 1 aromatic heterocycles. The number of hydroxylamine groups is 2. The van der Waals surface area contributed by atoms with E-state index in [-0.39, 0.29) is 16.7 Å². The molecule has 2 amide bonds. The van der Waals surface area contributed by atoms with E-state index in [1.807, 2.05) is 6.92 Å². The summed E-state index contributed by atoms with van der Waals surface area (Å²) in [6.45, 7) is 2.66. The normalized spacial score (nSPS) is 18.3. The predicted octanol–water partition coefficient (Wildman–Crippen LogP) is 1.33. The molecule has 2 aliphatic rings. The van der Waals surface area contributed by atoms with Gasteiger partial charge < -0.3 is 14.1 Å². The molecule has 4 rings (SSSR count). The molecule has 3 heterocycles. The predicted molar refractivity (Wildman–Crippen MR) is 77.0 cm³/mol. The molecular weight excluding hydrogens is 316 g/mol. The van der Waals surface area contributed by atoms with Crippen LogP contribution in [0.15, 0.2) is 35.1 Å². The fourth-order valence-corrected chi connectivity index (χ4v) is 2.74. The van der Waals surface area contributed by atoms with Crippen LogP contribution in [0.25, 0.3) is 0 Å². The topological polar surface area (TPSA) is 98.9 Å². The molecule has 0 radical (unpaired) electrons. The summed E-state index contributed by atoms with van der Waals surface area (Å²) < 4.78 is 10.0. The van der Waals surface area contributed by atoms with Crippen molar-refractivity contribution in [1.29, 1.82) is 0 Å². The quantitative estimate of drug-likeness (QED) is 0.784. The molecule has 122 valence electrons. The third kappa shape index (κ3) is 1.96. The molecule has 0 N–H and O–H groups in total. The number of rotatable bonds is 3. The first-order valence-electron chi connectivity index (χ1n) is 7.24. The molecule has 24 heavy (non-hydrogen) atoms. The second-order valence-corrected chi connectivity index (χ2v) is 5.96. The molecule has 1 aromatic carbocycles. The van der Waals surface area contributed by atoms with E-state index in [0.29, 0.717) is 24.0 Å². The maximum atomic E-state index is 12.4. The first kappa shape index (κ1) is 14.6. The smallest absolute Gasteiger partial charge is 0.369 e. The molecule has 0 atom stereocenters. The van der Waals surface area contributed by atoms with Crippen molar-refractivity contribution >= 4 is 17.8 Å². The number of ether oxygens (including phenoxy) is 1. The van der Waals surface area contributed by atoms with Crippen molar-refractivity contribution in [3.8, 4) is 0 Å². The number of imide groups is 1. The minimum absolute atomic E-state index is 0.0670. The molecule has 8 nitrogen and oxygen atoms in total. The Morgan fingerprint density at radius 2 is 1.83 bits per heavy atom. The van der Waals surface area contributed by atoms with Crippen molar-refractivity contribution in [2.75, 3.05) is 13.2 Å². The fourth-order valence-electron chi connectivity index (χ4n) is 2.74. The van der Waals surface area contributed by atoms with Gasteiger partial charge in [-0.15, -0.1) is 0 Å². The van der Waals surface area contributed by atoms with Gasteiger partial charge in [-0.05, 0) is 19.1 Å². The van der Waals surface area contributed by atoms with Gasteiger partial charge in [0.15, 0.2) is 0 Å². The van der Waals surface area contributed by atoms with Gasteiger partial charge in [0.1, 0.15) is 17.5 Å². The minimum Gasteiger partial charge on any atom is -0.379 e. The number of hydrogen-bond donors (Lipinski definition) is 0. The number of carbonyl (C=O) groups is 3. The molecule has 0 aliphatic carbocycles. The Morgan fingerprint density at radius 3 is 2.38 bits per heavy atom. The van der Waals surface area contributed by atoms with Crippen LogP contribution in [0.2, 0.25) is 0 Å². The largest absolute Gasteiger partial charge is 0.379 e. The Hall–Kier alpha value is -3.00. The van der Waals surface area contributed by atoms with Crippen LogP contribution in [0.1, 0.15) is 43.7 Å². The van der Waals surface area contributed by atoms with Gasteiger partial charge in [-0.3, -0.25) is 9.59 Å². The molecule has 8 heteroatoms. The van der Waals surface area contributed by atoms with Gasteiger partial charge in [-0.1, -0.05) is 22.4 Å². The highest BCUT2D eigenvalue weighted by Crippen LogP contribution is 2.33. The van der Waals surface area contributed by atoms with Crippen molar-refractivity contribution < 1.29 is 28.5 Å². The van der Waals surface area contributed by atoms with E-state index >= 15 is 0 Å². The Kier molecular flexibility index (Phi) is 3.04. The third-order valence-electron chi connectivity index (χ3n) is 4.13. The standard InChI is InChI=1S/C16H12N2O6/c1-16(7-22-8-16)12-11(6-23-17-12)15(21)24-18-13(19)9-4-2-3-5-10(9)14(18)20/h2-6H,7-8H2,1H3. The zero-order valence-corrected chi connectivity index (χ0v) is 12.6. The van der Waals surface area contributed by atoms with E-state index in [4.69, 9.17) is 14.1 Å². The van der Waals surface area contributed by atoms with Crippen LogP contribution in [0.3, 0.4) is 0 Å². The van der Waals surface area contributed by atoms with Crippen molar-refractivity contribution in [1.82, 2.24) is 10.2 Å². The number of amides is 2. The zero-order valence-electron chi connectivity index (χ0n) is 12.6. The minimum atomic E-state index is -0.881. The van der Waals surface area contributed by atoms with Crippen molar-refractivity contribution in [3.05, 3.63) is 52.9 Å². The number of fused-ring (bicyclic) bond motifs is 1. The van der Waals surface area contributed by atoms with Gasteiger partial charge in [0.2, 0.25) is 0 Å². The van der Waals surface area contributed by atoms with Gasteiger partial charge in [-0.25, -0.2) is 4.79 Å². The van der Waals surface area contributed by atoms with Gasteiger partial charge in [0.25, 0.3) is 11.8 Å². The summed E-state index contributed by atoms with van der Waals surface area (Å²) in [5.74, 6) is -2.24. The highest BCUT2D eigenvalue weighted by Gasteiger charge is 2.44. The molecule has 0 bridgehead atoms. The van der Waals surface area contributed by atoms with E-state index in [1.165, 1.54) is 12.1 Å². The van der Waals surface area contributed by atoms with Crippen LogP contribution < -0.4 is 0 Å². The molecule has 2 aromatic rings. The number of nitrogens with zero attached hydrogens (tertiary/aromatic N) is 2. The maximum Gasteiger partial charge on any atom is 0.369 e. The van der Waals surface area contributed by atoms with Gasteiger partial charge in [0.05, 0.1) is 29.8 Å². The highest BCUT2D eigenvalue weighted by molar-refractivity contribution is 6.21. The Labute approximate surface area is 135 Å². The first-order valence-corrected chi connectivity index (χ1v) is 7.24.